The fourth-order valence-electron chi connectivity index (χ4n) is 1.96. The molecule has 2 atom stereocenters. The molecule has 16 heavy (non-hydrogen) atoms. The summed E-state index contributed by atoms with van der Waals surface area (Å²) in [5.41, 5.74) is 5.95. The highest BCUT2D eigenvalue weighted by Gasteiger charge is 2.46. The summed E-state index contributed by atoms with van der Waals surface area (Å²) >= 11 is 0. The lowest BCUT2D eigenvalue weighted by atomic mass is 10.0. The average molecular weight is 245 g/mol. The van der Waals surface area contributed by atoms with Crippen LogP contribution < -0.4 is 10.5 Å². The van der Waals surface area contributed by atoms with E-state index in [0.717, 1.165) is 0 Å². The number of benzene rings is 1. The van der Waals surface area contributed by atoms with Crippen molar-refractivity contribution in [1.29, 1.82) is 0 Å². The van der Waals surface area contributed by atoms with Crippen LogP contribution in [-0.4, -0.2) is 27.3 Å². The Morgan fingerprint density at radius 1 is 1.50 bits per heavy atom. The van der Waals surface area contributed by atoms with Gasteiger partial charge >= 0.3 is 0 Å². The van der Waals surface area contributed by atoms with Gasteiger partial charge in [0.2, 0.25) is 0 Å². The van der Waals surface area contributed by atoms with E-state index in [1.165, 1.54) is 25.3 Å². The van der Waals surface area contributed by atoms with Gasteiger partial charge in [-0.1, -0.05) is 0 Å². The van der Waals surface area contributed by atoms with Crippen LogP contribution in [0.4, 0.5) is 4.39 Å². The maximum atomic E-state index is 13.1. The van der Waals surface area contributed by atoms with Crippen LogP contribution in [-0.2, 0) is 9.84 Å². The van der Waals surface area contributed by atoms with Crippen molar-refractivity contribution in [2.24, 2.45) is 5.73 Å². The molecule has 1 saturated heterocycles. The largest absolute Gasteiger partial charge is 0.496 e. The lowest BCUT2D eigenvalue weighted by Crippen LogP contribution is -2.50. The molecular weight excluding hydrogens is 233 g/mol. The smallest absolute Gasteiger partial charge is 0.160 e. The molecule has 1 aliphatic rings. The monoisotopic (exact) mass is 245 g/mol. The molecule has 1 aromatic carbocycles. The Labute approximate surface area is 93.1 Å². The molecule has 1 aliphatic heterocycles. The van der Waals surface area contributed by atoms with E-state index in [2.05, 4.69) is 0 Å². The van der Waals surface area contributed by atoms with E-state index in [1.807, 2.05) is 0 Å². The summed E-state index contributed by atoms with van der Waals surface area (Å²) in [5.74, 6) is -0.202. The first kappa shape index (κ1) is 11.3. The first-order chi connectivity index (χ1) is 7.45. The summed E-state index contributed by atoms with van der Waals surface area (Å²) in [6.07, 6.45) is 0. The van der Waals surface area contributed by atoms with E-state index in [9.17, 15) is 12.8 Å². The third-order valence-electron chi connectivity index (χ3n) is 2.70. The number of methoxy groups -OCH3 is 1. The van der Waals surface area contributed by atoms with Crippen molar-refractivity contribution >= 4 is 9.84 Å². The zero-order valence-electron chi connectivity index (χ0n) is 8.68. The molecule has 6 heteroatoms. The van der Waals surface area contributed by atoms with Crippen LogP contribution in [0.25, 0.3) is 0 Å². The SMILES string of the molecule is COc1ccc(F)cc1C1C(N)CS1(=O)=O. The molecule has 0 aliphatic carbocycles. The molecule has 0 radical (unpaired) electrons. The van der Waals surface area contributed by atoms with Crippen molar-refractivity contribution in [3.63, 3.8) is 0 Å². The van der Waals surface area contributed by atoms with Gasteiger partial charge in [0.1, 0.15) is 16.8 Å². The second-order valence-corrected chi connectivity index (χ2v) is 5.97. The molecule has 4 nitrogen and oxygen atoms in total. The lowest BCUT2D eigenvalue weighted by molar-refractivity contribution is 0.402. The number of rotatable bonds is 2. The highest BCUT2D eigenvalue weighted by molar-refractivity contribution is 7.93. The van der Waals surface area contributed by atoms with Crippen molar-refractivity contribution < 1.29 is 17.5 Å². The molecule has 1 fully saturated rings. The fourth-order valence-corrected chi connectivity index (χ4v) is 3.73. The molecule has 88 valence electrons. The molecule has 1 aromatic rings. The maximum absolute atomic E-state index is 13.1. The van der Waals surface area contributed by atoms with E-state index < -0.39 is 26.9 Å². The Kier molecular flexibility index (Phi) is 2.63. The molecule has 2 rings (SSSR count). The van der Waals surface area contributed by atoms with Crippen LogP contribution in [0.1, 0.15) is 10.8 Å². The van der Waals surface area contributed by atoms with E-state index in [4.69, 9.17) is 10.5 Å². The van der Waals surface area contributed by atoms with Crippen LogP contribution in [0, 0.1) is 5.82 Å². The van der Waals surface area contributed by atoms with Gasteiger partial charge in [-0.25, -0.2) is 12.8 Å². The van der Waals surface area contributed by atoms with Crippen molar-refractivity contribution in [3.8, 4) is 5.75 Å². The van der Waals surface area contributed by atoms with Gasteiger partial charge in [-0.3, -0.25) is 0 Å². The number of nitrogens with two attached hydrogens (primary N) is 1. The number of hydrogen-bond donors (Lipinski definition) is 1. The number of halogens is 1. The number of hydrogen-bond acceptors (Lipinski definition) is 4. The second kappa shape index (κ2) is 3.71. The zero-order valence-corrected chi connectivity index (χ0v) is 9.50. The van der Waals surface area contributed by atoms with Crippen LogP contribution in [0.5, 0.6) is 5.75 Å². The molecular formula is C10H12FNO3S. The Morgan fingerprint density at radius 2 is 2.19 bits per heavy atom. The lowest BCUT2D eigenvalue weighted by Gasteiger charge is -2.34. The van der Waals surface area contributed by atoms with Gasteiger partial charge < -0.3 is 10.5 Å². The summed E-state index contributed by atoms with van der Waals surface area (Å²) < 4.78 is 41.2. The number of ether oxygens (including phenoxy) is 1. The van der Waals surface area contributed by atoms with E-state index in [1.54, 1.807) is 0 Å². The molecule has 0 amide bonds. The number of sulfone groups is 1. The first-order valence-corrected chi connectivity index (χ1v) is 6.48. The minimum Gasteiger partial charge on any atom is -0.496 e. The average Bonchev–Trinajstić information content (AvgIpc) is 2.16. The van der Waals surface area contributed by atoms with Crippen LogP contribution in [0.3, 0.4) is 0 Å². The van der Waals surface area contributed by atoms with E-state index in [-0.39, 0.29) is 5.75 Å². The van der Waals surface area contributed by atoms with Crippen LogP contribution >= 0.6 is 0 Å². The van der Waals surface area contributed by atoms with Gasteiger partial charge in [0.25, 0.3) is 0 Å². The van der Waals surface area contributed by atoms with Crippen molar-refractivity contribution in [2.75, 3.05) is 12.9 Å². The maximum Gasteiger partial charge on any atom is 0.160 e. The van der Waals surface area contributed by atoms with Gasteiger partial charge in [-0.05, 0) is 18.2 Å². The molecule has 0 aromatic heterocycles. The van der Waals surface area contributed by atoms with Crippen molar-refractivity contribution in [3.05, 3.63) is 29.6 Å². The van der Waals surface area contributed by atoms with E-state index in [0.29, 0.717) is 11.3 Å². The van der Waals surface area contributed by atoms with Gasteiger partial charge in [0.05, 0.1) is 12.9 Å². The molecule has 0 saturated carbocycles. The highest BCUT2D eigenvalue weighted by Crippen LogP contribution is 2.40. The Balaban J connectivity index is 2.51. The summed E-state index contributed by atoms with van der Waals surface area (Å²) in [7, 11) is -1.84. The minimum atomic E-state index is -3.25. The summed E-state index contributed by atoms with van der Waals surface area (Å²) in [4.78, 5) is 0. The second-order valence-electron chi connectivity index (χ2n) is 3.80. The van der Waals surface area contributed by atoms with Gasteiger partial charge in [-0.2, -0.15) is 0 Å². The molecule has 0 spiro atoms. The Bertz CT molecular complexity index is 515. The summed E-state index contributed by atoms with van der Waals surface area (Å²) in [6, 6.07) is 3.31. The van der Waals surface area contributed by atoms with Crippen LogP contribution in [0.2, 0.25) is 0 Å². The normalized spacial score (nSPS) is 27.2. The van der Waals surface area contributed by atoms with Gasteiger partial charge in [-0.15, -0.1) is 0 Å². The van der Waals surface area contributed by atoms with Gasteiger partial charge in [0, 0.05) is 11.6 Å². The van der Waals surface area contributed by atoms with E-state index >= 15 is 0 Å². The van der Waals surface area contributed by atoms with Crippen molar-refractivity contribution in [1.82, 2.24) is 0 Å². The quantitative estimate of drug-likeness (QED) is 0.829. The predicted molar refractivity (Wildman–Crippen MR) is 57.5 cm³/mol. The van der Waals surface area contributed by atoms with Crippen LogP contribution in [0.15, 0.2) is 18.2 Å². The molecule has 2 N–H and O–H groups in total. The third-order valence-corrected chi connectivity index (χ3v) is 4.93. The first-order valence-electron chi connectivity index (χ1n) is 4.76. The highest BCUT2D eigenvalue weighted by atomic mass is 32.2. The fraction of sp³-hybridized carbons (Fsp3) is 0.400. The summed E-state index contributed by atoms with van der Waals surface area (Å²) in [5, 5.41) is -0.849. The van der Waals surface area contributed by atoms with Crippen molar-refractivity contribution in [2.45, 2.75) is 11.3 Å². The predicted octanol–water partition coefficient (Wildman–Crippen LogP) is 0.631. The Morgan fingerprint density at radius 3 is 2.69 bits per heavy atom. The topological polar surface area (TPSA) is 69.4 Å². The Hall–Kier alpha value is -1.14. The summed E-state index contributed by atoms with van der Waals surface area (Å²) in [6.45, 7) is 0. The van der Waals surface area contributed by atoms with Gasteiger partial charge in [0.15, 0.2) is 9.84 Å². The zero-order chi connectivity index (χ0) is 11.9. The standard InChI is InChI=1S/C10H12FNO3S/c1-15-9-3-2-6(11)4-7(9)10-8(12)5-16(10,13)14/h2-4,8,10H,5,12H2,1H3. The third kappa shape index (κ3) is 1.68. The minimum absolute atomic E-state index is 0.0582. The molecule has 2 unspecified atom stereocenters. The molecule has 0 bridgehead atoms. The molecule has 1 heterocycles.